The summed E-state index contributed by atoms with van der Waals surface area (Å²) < 4.78 is 52.3. The Morgan fingerprint density at radius 3 is 2.32 bits per heavy atom. The minimum Gasteiger partial charge on any atom is -0.493 e. The van der Waals surface area contributed by atoms with Crippen molar-refractivity contribution in [2.75, 3.05) is 31.3 Å². The summed E-state index contributed by atoms with van der Waals surface area (Å²) in [5.41, 5.74) is 9.75. The number of carbonyl (C=O) groups excluding carboxylic acids is 3. The van der Waals surface area contributed by atoms with Crippen molar-refractivity contribution in [2.45, 2.75) is 111 Å². The molecule has 6 N–H and O–H groups in total. The van der Waals surface area contributed by atoms with Gasteiger partial charge in [-0.05, 0) is 86.9 Å². The Labute approximate surface area is 380 Å². The molecular formula is C47H57F3N8O6S. The number of methoxy groups -OCH3 is 1. The molecule has 348 valence electrons. The van der Waals surface area contributed by atoms with E-state index in [0.29, 0.717) is 52.4 Å². The number of aromatic nitrogens is 3. The number of halogens is 3. The molecular weight excluding hydrogens is 862 g/mol. The number of unbranched alkanes of at least 4 members (excludes halogenated alkanes) is 1. The van der Waals surface area contributed by atoms with Crippen molar-refractivity contribution in [3.05, 3.63) is 88.3 Å². The van der Waals surface area contributed by atoms with E-state index in [4.69, 9.17) is 15.2 Å². The molecule has 18 heteroatoms. The van der Waals surface area contributed by atoms with E-state index in [2.05, 4.69) is 30.9 Å². The number of nitrogens with one attached hydrogen (secondary N) is 3. The molecule has 3 amide bonds. The topological polar surface area (TPSA) is 194 Å². The van der Waals surface area contributed by atoms with Gasteiger partial charge >= 0.3 is 6.18 Å². The van der Waals surface area contributed by atoms with Crippen LogP contribution in [0.2, 0.25) is 0 Å². The number of ether oxygens (including phenoxy) is 2. The van der Waals surface area contributed by atoms with Crippen LogP contribution in [0, 0.1) is 19.3 Å². The average molecular weight is 919 g/mol. The van der Waals surface area contributed by atoms with Gasteiger partial charge in [0.15, 0.2) is 11.5 Å². The number of hydrogen-bond donors (Lipinski definition) is 5. The number of amides is 3. The number of fused-ring (bicyclic) bond motifs is 1. The van der Waals surface area contributed by atoms with Gasteiger partial charge in [0.25, 0.3) is 0 Å². The number of likely N-dealkylation sites (tertiary alicyclic amines) is 1. The lowest BCUT2D eigenvalue weighted by Gasteiger charge is -2.35. The minimum absolute atomic E-state index is 0.0112. The number of β-amino-alcohol motifs (C(OH)–C–C–N with tert-alkyl or cyclic N) is 1. The number of thiazole rings is 1. The Morgan fingerprint density at radius 2 is 1.68 bits per heavy atom. The van der Waals surface area contributed by atoms with Crippen LogP contribution in [0.15, 0.2) is 60.1 Å². The van der Waals surface area contributed by atoms with Gasteiger partial charge in [-0.3, -0.25) is 14.4 Å². The van der Waals surface area contributed by atoms with Crippen LogP contribution in [-0.2, 0) is 20.6 Å². The summed E-state index contributed by atoms with van der Waals surface area (Å²) in [6.07, 6.45) is -4.39. The maximum absolute atomic E-state index is 14.2. The number of alkyl halides is 3. The molecule has 1 aliphatic rings. The highest BCUT2D eigenvalue weighted by molar-refractivity contribution is 7.13. The number of hydrogen-bond acceptors (Lipinski definition) is 12. The van der Waals surface area contributed by atoms with Crippen LogP contribution >= 0.6 is 11.3 Å². The maximum Gasteiger partial charge on any atom is 0.416 e. The highest BCUT2D eigenvalue weighted by atomic mass is 32.1. The predicted octanol–water partition coefficient (Wildman–Crippen LogP) is 8.07. The van der Waals surface area contributed by atoms with Gasteiger partial charge in [0.05, 0.1) is 59.1 Å². The first-order valence-corrected chi connectivity index (χ1v) is 22.3. The molecule has 0 spiro atoms. The first-order chi connectivity index (χ1) is 30.6. The van der Waals surface area contributed by atoms with Crippen molar-refractivity contribution in [1.29, 1.82) is 0 Å². The van der Waals surface area contributed by atoms with E-state index in [1.807, 2.05) is 58.9 Å². The Hall–Kier alpha value is -6.01. The smallest absolute Gasteiger partial charge is 0.416 e. The van der Waals surface area contributed by atoms with Crippen LogP contribution in [0.3, 0.4) is 0 Å². The summed E-state index contributed by atoms with van der Waals surface area (Å²) >= 11 is 1.56. The zero-order chi connectivity index (χ0) is 47.4. The number of nitrogen functional groups attached to an aromatic ring is 1. The average Bonchev–Trinajstić information content (AvgIpc) is 3.86. The monoisotopic (exact) mass is 918 g/mol. The van der Waals surface area contributed by atoms with Gasteiger partial charge in [0, 0.05) is 36.5 Å². The second kappa shape index (κ2) is 20.0. The lowest BCUT2D eigenvalue weighted by molar-refractivity contribution is -0.144. The zero-order valence-electron chi connectivity index (χ0n) is 37.8. The van der Waals surface area contributed by atoms with Crippen LogP contribution in [0.25, 0.3) is 21.3 Å². The lowest BCUT2D eigenvalue weighted by atomic mass is 9.85. The van der Waals surface area contributed by atoms with Crippen LogP contribution in [0.4, 0.5) is 24.7 Å². The lowest BCUT2D eigenvalue weighted by Crippen LogP contribution is -2.57. The van der Waals surface area contributed by atoms with Crippen molar-refractivity contribution >= 4 is 51.5 Å². The quantitative estimate of drug-likeness (QED) is 0.0475. The molecule has 0 radical (unpaired) electrons. The van der Waals surface area contributed by atoms with E-state index >= 15 is 0 Å². The summed E-state index contributed by atoms with van der Waals surface area (Å²) in [6, 6.07) is 11.8. The zero-order valence-corrected chi connectivity index (χ0v) is 38.6. The standard InChI is InChI=1S/C47H57F3N8O6S/c1-25(29-12-14-30(15-13-29)41-27(3)52-24-65-41)54-44(61)37-20-34(59)23-58(37)45(62)42(46(5,6)7)57-40(60)11-9-10-16-64-39-22-36-35(21-38(39)63-8)43(56-28(4)55-36)53-26(2)31-17-32(47(48,49)50)19-33(51)18-31/h12-15,17-19,21-22,24-26,34,37,42,59H,9-11,16,20,23,51H2,1-8H3,(H,54,61)(H,57,60)(H,53,55,56)/t25-,26+,34+,37-,42+/m0/s1. The minimum atomic E-state index is -4.56. The molecule has 65 heavy (non-hydrogen) atoms. The Balaban J connectivity index is 1.04. The van der Waals surface area contributed by atoms with Gasteiger partial charge in [-0.1, -0.05) is 45.0 Å². The molecule has 3 aromatic carbocycles. The fourth-order valence-corrected chi connectivity index (χ4v) is 8.64. The van der Waals surface area contributed by atoms with Gasteiger partial charge in [-0.15, -0.1) is 11.3 Å². The van der Waals surface area contributed by atoms with Crippen molar-refractivity contribution in [1.82, 2.24) is 30.5 Å². The SMILES string of the molecule is COc1cc2c(N[C@H](C)c3cc(N)cc(C(F)(F)F)c3)nc(C)nc2cc1OCCCCC(=O)N[C@H](C(=O)N1C[C@H](O)C[C@H]1C(=O)N[C@@H](C)c1ccc(-c2scnc2C)cc1)C(C)(C)C. The first-order valence-electron chi connectivity index (χ1n) is 21.4. The fourth-order valence-electron chi connectivity index (χ4n) is 7.83. The van der Waals surface area contributed by atoms with Gasteiger partial charge in [0.2, 0.25) is 17.7 Å². The summed E-state index contributed by atoms with van der Waals surface area (Å²) in [5, 5.41) is 20.3. The van der Waals surface area contributed by atoms with Crippen molar-refractivity contribution in [3.8, 4) is 21.9 Å². The third-order valence-electron chi connectivity index (χ3n) is 11.4. The summed E-state index contributed by atoms with van der Waals surface area (Å²) in [7, 11) is 1.48. The molecule has 1 fully saturated rings. The van der Waals surface area contributed by atoms with E-state index in [-0.39, 0.29) is 49.5 Å². The molecule has 5 aromatic rings. The largest absolute Gasteiger partial charge is 0.493 e. The third kappa shape index (κ3) is 11.8. The van der Waals surface area contributed by atoms with Crippen LogP contribution in [0.1, 0.15) is 101 Å². The molecule has 2 aromatic heterocycles. The Bertz CT molecular complexity index is 2510. The predicted molar refractivity (Wildman–Crippen MR) is 244 cm³/mol. The van der Waals surface area contributed by atoms with Gasteiger partial charge in [0.1, 0.15) is 23.7 Å². The number of aryl methyl sites for hydroxylation is 2. The molecule has 1 aliphatic heterocycles. The second-order valence-electron chi connectivity index (χ2n) is 17.6. The number of benzene rings is 3. The summed E-state index contributed by atoms with van der Waals surface area (Å²) in [6.45, 7) is 12.9. The summed E-state index contributed by atoms with van der Waals surface area (Å²) in [5.74, 6) is 0.388. The van der Waals surface area contributed by atoms with Crippen molar-refractivity contribution in [3.63, 3.8) is 0 Å². The molecule has 0 bridgehead atoms. The van der Waals surface area contributed by atoms with E-state index in [9.17, 15) is 32.7 Å². The van der Waals surface area contributed by atoms with Crippen LogP contribution < -0.4 is 31.2 Å². The van der Waals surface area contributed by atoms with Gasteiger partial charge < -0.3 is 41.2 Å². The van der Waals surface area contributed by atoms with Crippen LogP contribution in [-0.4, -0.2) is 81.1 Å². The Kier molecular flexibility index (Phi) is 14.9. The molecule has 0 unspecified atom stereocenters. The second-order valence-corrected chi connectivity index (χ2v) is 18.4. The number of nitrogens with zero attached hydrogens (tertiary/aromatic N) is 4. The van der Waals surface area contributed by atoms with Crippen molar-refractivity contribution in [2.24, 2.45) is 5.41 Å². The molecule has 3 heterocycles. The molecule has 5 atom stereocenters. The van der Waals surface area contributed by atoms with E-state index in [0.717, 1.165) is 33.8 Å². The van der Waals surface area contributed by atoms with Gasteiger partial charge in [-0.25, -0.2) is 15.0 Å². The summed E-state index contributed by atoms with van der Waals surface area (Å²) in [4.78, 5) is 57.0. The highest BCUT2D eigenvalue weighted by Crippen LogP contribution is 2.37. The van der Waals surface area contributed by atoms with Crippen LogP contribution in [0.5, 0.6) is 11.5 Å². The maximum atomic E-state index is 14.2. The molecule has 6 rings (SSSR count). The highest BCUT2D eigenvalue weighted by Gasteiger charge is 2.44. The number of nitrogens with two attached hydrogens (primary N) is 1. The van der Waals surface area contributed by atoms with E-state index in [1.165, 1.54) is 18.1 Å². The van der Waals surface area contributed by atoms with E-state index in [1.54, 1.807) is 42.8 Å². The third-order valence-corrected chi connectivity index (χ3v) is 12.3. The first kappa shape index (κ1) is 48.4. The van der Waals surface area contributed by atoms with E-state index < -0.39 is 47.3 Å². The van der Waals surface area contributed by atoms with Crippen molar-refractivity contribution < 1.29 is 42.1 Å². The van der Waals surface area contributed by atoms with Gasteiger partial charge in [-0.2, -0.15) is 13.2 Å². The molecule has 0 aliphatic carbocycles. The fraction of sp³-hybridized carbons (Fsp3) is 0.447. The number of aliphatic hydroxyl groups excluding tert-OH is 1. The number of anilines is 2. The molecule has 1 saturated heterocycles. The molecule has 0 saturated carbocycles. The normalized spacial score (nSPS) is 16.8. The number of aliphatic hydroxyl groups is 1. The number of carbonyl (C=O) groups is 3. The Morgan fingerprint density at radius 1 is 0.954 bits per heavy atom. The molecule has 14 nitrogen and oxygen atoms in total. The number of rotatable bonds is 16.